The topological polar surface area (TPSA) is 56.0 Å². The van der Waals surface area contributed by atoms with E-state index in [-0.39, 0.29) is 11.7 Å². The molecule has 1 heterocycles. The van der Waals surface area contributed by atoms with Crippen LogP contribution in [0.3, 0.4) is 0 Å². The molecule has 0 aliphatic heterocycles. The van der Waals surface area contributed by atoms with Crippen molar-refractivity contribution < 1.29 is 4.79 Å². The standard InChI is InChI=1S/C14H20N2O/c1-10-2-4-11(5-3-10)14(17)12-6-7-16-13(8-12)9-15/h6-8,10-11H,2-5,9,15H2,1H3. The Bertz CT molecular complexity index is 395. The van der Waals surface area contributed by atoms with Crippen molar-refractivity contribution in [2.24, 2.45) is 17.6 Å². The molecule has 0 atom stereocenters. The maximum Gasteiger partial charge on any atom is 0.166 e. The zero-order valence-electron chi connectivity index (χ0n) is 10.4. The zero-order chi connectivity index (χ0) is 12.3. The molecule has 0 amide bonds. The second-order valence-electron chi connectivity index (χ2n) is 5.06. The van der Waals surface area contributed by atoms with Crippen LogP contribution in [-0.2, 0) is 6.54 Å². The maximum atomic E-state index is 12.3. The van der Waals surface area contributed by atoms with Crippen molar-refractivity contribution in [3.8, 4) is 0 Å². The number of hydrogen-bond acceptors (Lipinski definition) is 3. The first-order valence-corrected chi connectivity index (χ1v) is 6.40. The maximum absolute atomic E-state index is 12.3. The third-order valence-electron chi connectivity index (χ3n) is 3.70. The van der Waals surface area contributed by atoms with E-state index in [9.17, 15) is 4.79 Å². The average molecular weight is 232 g/mol. The highest BCUT2D eigenvalue weighted by atomic mass is 16.1. The fraction of sp³-hybridized carbons (Fsp3) is 0.571. The summed E-state index contributed by atoms with van der Waals surface area (Å²) in [5, 5.41) is 0. The molecule has 0 radical (unpaired) electrons. The van der Waals surface area contributed by atoms with Gasteiger partial charge in [-0.15, -0.1) is 0 Å². The number of nitrogens with two attached hydrogens (primary N) is 1. The Labute approximate surface area is 102 Å². The summed E-state index contributed by atoms with van der Waals surface area (Å²) in [5.41, 5.74) is 7.11. The van der Waals surface area contributed by atoms with Crippen LogP contribution in [0.1, 0.15) is 48.7 Å². The van der Waals surface area contributed by atoms with Crippen LogP contribution in [-0.4, -0.2) is 10.8 Å². The first-order valence-electron chi connectivity index (χ1n) is 6.40. The molecule has 3 nitrogen and oxygen atoms in total. The molecule has 1 aromatic heterocycles. The van der Waals surface area contributed by atoms with E-state index < -0.39 is 0 Å². The van der Waals surface area contributed by atoms with E-state index in [0.717, 1.165) is 30.0 Å². The Hall–Kier alpha value is -1.22. The smallest absolute Gasteiger partial charge is 0.166 e. The largest absolute Gasteiger partial charge is 0.325 e. The summed E-state index contributed by atoms with van der Waals surface area (Å²) in [5.74, 6) is 1.25. The second-order valence-corrected chi connectivity index (χ2v) is 5.06. The molecule has 1 saturated carbocycles. The van der Waals surface area contributed by atoms with Gasteiger partial charge in [0.25, 0.3) is 0 Å². The van der Waals surface area contributed by atoms with Crippen LogP contribution >= 0.6 is 0 Å². The number of hydrogen-bond donors (Lipinski definition) is 1. The quantitative estimate of drug-likeness (QED) is 0.815. The molecule has 92 valence electrons. The molecular weight excluding hydrogens is 212 g/mol. The normalized spacial score (nSPS) is 24.6. The molecule has 0 bridgehead atoms. The molecule has 0 saturated heterocycles. The van der Waals surface area contributed by atoms with Crippen LogP contribution in [0.15, 0.2) is 18.3 Å². The molecule has 1 aromatic rings. The van der Waals surface area contributed by atoms with Crippen LogP contribution in [0.5, 0.6) is 0 Å². The van der Waals surface area contributed by atoms with Gasteiger partial charge in [-0.25, -0.2) is 0 Å². The van der Waals surface area contributed by atoms with Gasteiger partial charge in [-0.2, -0.15) is 0 Å². The molecule has 2 N–H and O–H groups in total. The second kappa shape index (κ2) is 5.41. The van der Waals surface area contributed by atoms with Gasteiger partial charge in [-0.1, -0.05) is 19.8 Å². The number of Topliss-reactive ketones (excluding diaryl/α,β-unsaturated/α-hetero) is 1. The molecule has 2 rings (SSSR count). The lowest BCUT2D eigenvalue weighted by atomic mass is 9.79. The number of nitrogens with zero attached hydrogens (tertiary/aromatic N) is 1. The molecule has 3 heteroatoms. The highest BCUT2D eigenvalue weighted by Crippen LogP contribution is 2.30. The average Bonchev–Trinajstić information content (AvgIpc) is 2.39. The Kier molecular flexibility index (Phi) is 3.89. The molecule has 0 spiro atoms. The van der Waals surface area contributed by atoms with E-state index in [0.29, 0.717) is 6.54 Å². The van der Waals surface area contributed by atoms with Crippen molar-refractivity contribution in [1.29, 1.82) is 0 Å². The summed E-state index contributed by atoms with van der Waals surface area (Å²) in [6.45, 7) is 2.66. The van der Waals surface area contributed by atoms with Crippen molar-refractivity contribution in [3.05, 3.63) is 29.6 Å². The highest BCUT2D eigenvalue weighted by Gasteiger charge is 2.25. The van der Waals surface area contributed by atoms with Gasteiger partial charge in [0.1, 0.15) is 0 Å². The van der Waals surface area contributed by atoms with Crippen molar-refractivity contribution in [1.82, 2.24) is 4.98 Å². The van der Waals surface area contributed by atoms with Crippen molar-refractivity contribution in [2.75, 3.05) is 0 Å². The molecule has 0 aromatic carbocycles. The van der Waals surface area contributed by atoms with Gasteiger partial charge < -0.3 is 5.73 Å². The van der Waals surface area contributed by atoms with Gasteiger partial charge >= 0.3 is 0 Å². The fourth-order valence-corrected chi connectivity index (χ4v) is 2.50. The van der Waals surface area contributed by atoms with Crippen LogP contribution in [0.4, 0.5) is 0 Å². The molecule has 1 aliphatic carbocycles. The lowest BCUT2D eigenvalue weighted by molar-refractivity contribution is 0.0875. The van der Waals surface area contributed by atoms with E-state index >= 15 is 0 Å². The van der Waals surface area contributed by atoms with E-state index in [1.54, 1.807) is 12.3 Å². The molecule has 0 unspecified atom stereocenters. The van der Waals surface area contributed by atoms with E-state index in [4.69, 9.17) is 5.73 Å². The fourth-order valence-electron chi connectivity index (χ4n) is 2.50. The minimum atomic E-state index is 0.208. The van der Waals surface area contributed by atoms with Crippen LogP contribution in [0.25, 0.3) is 0 Å². The number of carbonyl (C=O) groups excluding carboxylic acids is 1. The summed E-state index contributed by atoms with van der Waals surface area (Å²) < 4.78 is 0. The van der Waals surface area contributed by atoms with E-state index in [2.05, 4.69) is 11.9 Å². The van der Waals surface area contributed by atoms with Crippen molar-refractivity contribution in [2.45, 2.75) is 39.2 Å². The molecule has 1 aliphatic rings. The Morgan fingerprint density at radius 2 is 2.12 bits per heavy atom. The number of pyridine rings is 1. The summed E-state index contributed by atoms with van der Waals surface area (Å²) >= 11 is 0. The number of aromatic nitrogens is 1. The van der Waals surface area contributed by atoms with Crippen LogP contribution in [0, 0.1) is 11.8 Å². The van der Waals surface area contributed by atoms with Gasteiger partial charge in [0.05, 0.1) is 5.69 Å². The van der Waals surface area contributed by atoms with Crippen molar-refractivity contribution in [3.63, 3.8) is 0 Å². The summed E-state index contributed by atoms with van der Waals surface area (Å²) in [7, 11) is 0. The van der Waals surface area contributed by atoms with Gasteiger partial charge in [0.15, 0.2) is 5.78 Å². The Balaban J connectivity index is 2.08. The monoisotopic (exact) mass is 232 g/mol. The van der Waals surface area contributed by atoms with Gasteiger partial charge in [-0.05, 0) is 30.9 Å². The van der Waals surface area contributed by atoms with Crippen LogP contribution in [0.2, 0.25) is 0 Å². The summed E-state index contributed by atoms with van der Waals surface area (Å²) in [6, 6.07) is 3.64. The van der Waals surface area contributed by atoms with Gasteiger partial charge in [-0.3, -0.25) is 9.78 Å². The van der Waals surface area contributed by atoms with E-state index in [1.165, 1.54) is 12.8 Å². The van der Waals surface area contributed by atoms with Crippen LogP contribution < -0.4 is 5.73 Å². The third kappa shape index (κ3) is 2.91. The number of carbonyl (C=O) groups is 1. The first-order chi connectivity index (χ1) is 8.20. The number of ketones is 1. The minimum Gasteiger partial charge on any atom is -0.325 e. The summed E-state index contributed by atoms with van der Waals surface area (Å²) in [6.07, 6.45) is 6.08. The molecule has 17 heavy (non-hydrogen) atoms. The SMILES string of the molecule is CC1CCC(C(=O)c2ccnc(CN)c2)CC1. The number of rotatable bonds is 3. The Morgan fingerprint density at radius 3 is 2.76 bits per heavy atom. The lowest BCUT2D eigenvalue weighted by Crippen LogP contribution is -2.21. The zero-order valence-corrected chi connectivity index (χ0v) is 10.4. The third-order valence-corrected chi connectivity index (χ3v) is 3.70. The lowest BCUT2D eigenvalue weighted by Gasteiger charge is -2.25. The molecular formula is C14H20N2O. The predicted octanol–water partition coefficient (Wildman–Crippen LogP) is 2.55. The predicted molar refractivity (Wildman–Crippen MR) is 67.6 cm³/mol. The summed E-state index contributed by atoms with van der Waals surface area (Å²) in [4.78, 5) is 16.4. The van der Waals surface area contributed by atoms with Crippen molar-refractivity contribution >= 4 is 5.78 Å². The van der Waals surface area contributed by atoms with Gasteiger partial charge in [0, 0.05) is 24.2 Å². The highest BCUT2D eigenvalue weighted by molar-refractivity contribution is 5.97. The Morgan fingerprint density at radius 1 is 1.41 bits per heavy atom. The first kappa shape index (κ1) is 12.2. The van der Waals surface area contributed by atoms with Gasteiger partial charge in [0.2, 0.25) is 0 Å². The minimum absolute atomic E-state index is 0.208. The molecule has 1 fully saturated rings. The van der Waals surface area contributed by atoms with E-state index in [1.807, 2.05) is 6.07 Å².